The summed E-state index contributed by atoms with van der Waals surface area (Å²) in [7, 11) is -1.35. The summed E-state index contributed by atoms with van der Waals surface area (Å²) in [5.41, 5.74) is 0.482. The van der Waals surface area contributed by atoms with Gasteiger partial charge in [-0.1, -0.05) is 11.3 Å². The van der Waals surface area contributed by atoms with Crippen molar-refractivity contribution in [2.24, 2.45) is 4.40 Å². The molecular weight excluding hydrogens is 395 g/mol. The minimum absolute atomic E-state index is 0.0310. The van der Waals surface area contributed by atoms with Gasteiger partial charge in [0.15, 0.2) is 0 Å². The number of hydrogen-bond acceptors (Lipinski definition) is 6. The Labute approximate surface area is 158 Å². The van der Waals surface area contributed by atoms with Crippen molar-refractivity contribution in [2.45, 2.75) is 11.4 Å². The molecule has 0 radical (unpaired) electrons. The second-order valence-electron chi connectivity index (χ2n) is 5.40. The quantitative estimate of drug-likeness (QED) is 0.603. The van der Waals surface area contributed by atoms with Gasteiger partial charge in [0.25, 0.3) is 10.0 Å². The van der Waals surface area contributed by atoms with E-state index in [0.717, 1.165) is 11.3 Å². The van der Waals surface area contributed by atoms with Crippen molar-refractivity contribution < 1.29 is 27.1 Å². The summed E-state index contributed by atoms with van der Waals surface area (Å²) in [5.74, 6) is -0.548. The summed E-state index contributed by atoms with van der Waals surface area (Å²) in [5, 5.41) is 0. The van der Waals surface area contributed by atoms with Gasteiger partial charge >= 0.3 is 5.97 Å². The van der Waals surface area contributed by atoms with Crippen LogP contribution in [0.15, 0.2) is 51.8 Å². The van der Waals surface area contributed by atoms with Crippen LogP contribution in [0.4, 0.5) is 4.39 Å². The van der Waals surface area contributed by atoms with Gasteiger partial charge in [-0.05, 0) is 42.5 Å². The van der Waals surface area contributed by atoms with Crippen molar-refractivity contribution in [3.05, 3.63) is 53.1 Å². The van der Waals surface area contributed by atoms with Crippen LogP contribution in [0, 0.1) is 5.82 Å². The molecule has 142 valence electrons. The number of benzene rings is 2. The van der Waals surface area contributed by atoms with E-state index < -0.39 is 21.8 Å². The van der Waals surface area contributed by atoms with Crippen molar-refractivity contribution in [1.29, 1.82) is 0 Å². The van der Waals surface area contributed by atoms with Crippen molar-refractivity contribution in [1.82, 2.24) is 4.57 Å². The van der Waals surface area contributed by atoms with E-state index in [9.17, 15) is 17.6 Å². The molecule has 0 bridgehead atoms. The van der Waals surface area contributed by atoms with Crippen LogP contribution in [0.5, 0.6) is 5.75 Å². The number of thiazole rings is 1. The third kappa shape index (κ3) is 4.01. The number of carbonyl (C=O) groups is 1. The summed E-state index contributed by atoms with van der Waals surface area (Å²) in [6.45, 7) is -0.251. The van der Waals surface area contributed by atoms with Crippen molar-refractivity contribution >= 4 is 37.5 Å². The minimum atomic E-state index is -4.05. The Bertz CT molecular complexity index is 1160. The van der Waals surface area contributed by atoms with E-state index in [1.54, 1.807) is 0 Å². The molecule has 7 nitrogen and oxygen atoms in total. The Kier molecular flexibility index (Phi) is 5.29. The predicted molar refractivity (Wildman–Crippen MR) is 97.5 cm³/mol. The molecule has 0 aliphatic carbocycles. The number of hydrogen-bond donors (Lipinski definition) is 0. The third-order valence-electron chi connectivity index (χ3n) is 3.72. The zero-order valence-electron chi connectivity index (χ0n) is 14.4. The van der Waals surface area contributed by atoms with E-state index in [1.165, 1.54) is 61.3 Å². The van der Waals surface area contributed by atoms with Gasteiger partial charge < -0.3 is 14.0 Å². The first-order chi connectivity index (χ1) is 12.8. The van der Waals surface area contributed by atoms with Crippen molar-refractivity contribution in [2.75, 3.05) is 14.2 Å². The van der Waals surface area contributed by atoms with Crippen LogP contribution in [0.25, 0.3) is 10.2 Å². The number of fused-ring (bicyclic) bond motifs is 1. The van der Waals surface area contributed by atoms with Gasteiger partial charge in [-0.2, -0.15) is 8.42 Å². The van der Waals surface area contributed by atoms with Crippen LogP contribution in [-0.4, -0.2) is 33.2 Å². The highest BCUT2D eigenvalue weighted by Crippen LogP contribution is 2.21. The zero-order chi connectivity index (χ0) is 19.6. The lowest BCUT2D eigenvalue weighted by Crippen LogP contribution is -2.22. The largest absolute Gasteiger partial charge is 0.497 e. The topological polar surface area (TPSA) is 87.0 Å². The third-order valence-corrected chi connectivity index (χ3v) is 6.15. The molecule has 10 heteroatoms. The summed E-state index contributed by atoms with van der Waals surface area (Å²) >= 11 is 0.964. The number of sulfonamides is 1. The normalized spacial score (nSPS) is 12.3. The molecule has 0 N–H and O–H groups in total. The van der Waals surface area contributed by atoms with Gasteiger partial charge in [0.1, 0.15) is 18.1 Å². The SMILES string of the molecule is COC(=O)Cn1c(=NS(=O)(=O)c2ccc(OC)cc2)sc2cc(F)ccc21. The first-order valence-electron chi connectivity index (χ1n) is 7.65. The number of aromatic nitrogens is 1. The zero-order valence-corrected chi connectivity index (χ0v) is 16.0. The molecular formula is C17H15FN2O5S2. The summed E-state index contributed by atoms with van der Waals surface area (Å²) in [4.78, 5) is 11.7. The van der Waals surface area contributed by atoms with Crippen molar-refractivity contribution in [3.63, 3.8) is 0 Å². The number of esters is 1. The first kappa shape index (κ1) is 19.1. The molecule has 1 heterocycles. The lowest BCUT2D eigenvalue weighted by atomic mass is 10.3. The average Bonchev–Trinajstić information content (AvgIpc) is 2.97. The first-order valence-corrected chi connectivity index (χ1v) is 9.90. The Morgan fingerprint density at radius 1 is 1.19 bits per heavy atom. The fourth-order valence-corrected chi connectivity index (χ4v) is 4.62. The second-order valence-corrected chi connectivity index (χ2v) is 8.01. The molecule has 0 saturated carbocycles. The van der Waals surface area contributed by atoms with Crippen LogP contribution in [0.2, 0.25) is 0 Å². The molecule has 27 heavy (non-hydrogen) atoms. The number of nitrogens with zero attached hydrogens (tertiary/aromatic N) is 2. The minimum Gasteiger partial charge on any atom is -0.497 e. The molecule has 0 fully saturated rings. The maximum Gasteiger partial charge on any atom is 0.325 e. The smallest absolute Gasteiger partial charge is 0.325 e. The van der Waals surface area contributed by atoms with Gasteiger partial charge in [0.05, 0.1) is 29.3 Å². The number of halogens is 1. The van der Waals surface area contributed by atoms with Crippen LogP contribution < -0.4 is 9.54 Å². The maximum atomic E-state index is 13.5. The number of ether oxygens (including phenoxy) is 2. The molecule has 0 spiro atoms. The lowest BCUT2D eigenvalue weighted by Gasteiger charge is -2.04. The molecule has 3 aromatic rings. The van der Waals surface area contributed by atoms with E-state index in [0.29, 0.717) is 16.0 Å². The standard InChI is InChI=1S/C17H15FN2O5S2/c1-24-12-4-6-13(7-5-12)27(22,23)19-17-20(10-16(21)25-2)14-8-3-11(18)9-15(14)26-17/h3-9H,10H2,1-2H3. The highest BCUT2D eigenvalue weighted by Gasteiger charge is 2.17. The maximum absolute atomic E-state index is 13.5. The molecule has 1 aromatic heterocycles. The van der Waals surface area contributed by atoms with Gasteiger partial charge in [0, 0.05) is 0 Å². The molecule has 0 aliphatic heterocycles. The molecule has 0 atom stereocenters. The summed E-state index contributed by atoms with van der Waals surface area (Å²) < 4.78 is 54.2. The number of rotatable bonds is 5. The Morgan fingerprint density at radius 3 is 2.52 bits per heavy atom. The van der Waals surface area contributed by atoms with E-state index in [4.69, 9.17) is 4.74 Å². The van der Waals surface area contributed by atoms with Gasteiger partial charge in [-0.15, -0.1) is 4.40 Å². The van der Waals surface area contributed by atoms with E-state index in [2.05, 4.69) is 9.13 Å². The van der Waals surface area contributed by atoms with Crippen LogP contribution >= 0.6 is 11.3 Å². The van der Waals surface area contributed by atoms with E-state index in [1.807, 2.05) is 0 Å². The molecule has 0 amide bonds. The van der Waals surface area contributed by atoms with Crippen LogP contribution in [0.1, 0.15) is 0 Å². The van der Waals surface area contributed by atoms with Gasteiger partial charge in [0.2, 0.25) is 4.80 Å². The van der Waals surface area contributed by atoms with Crippen LogP contribution in [-0.2, 0) is 26.1 Å². The van der Waals surface area contributed by atoms with E-state index >= 15 is 0 Å². The van der Waals surface area contributed by atoms with Gasteiger partial charge in [-0.25, -0.2) is 4.39 Å². The fraction of sp³-hybridized carbons (Fsp3) is 0.176. The summed E-state index contributed by atoms with van der Waals surface area (Å²) in [6.07, 6.45) is 0. The average molecular weight is 410 g/mol. The number of methoxy groups -OCH3 is 2. The van der Waals surface area contributed by atoms with Crippen LogP contribution in [0.3, 0.4) is 0 Å². The fourth-order valence-electron chi connectivity index (χ4n) is 2.37. The van der Waals surface area contributed by atoms with Gasteiger partial charge in [-0.3, -0.25) is 4.79 Å². The Balaban J connectivity index is 2.18. The molecule has 2 aromatic carbocycles. The van der Waals surface area contributed by atoms with E-state index in [-0.39, 0.29) is 16.2 Å². The molecule has 3 rings (SSSR count). The molecule has 0 saturated heterocycles. The molecule has 0 aliphatic rings. The lowest BCUT2D eigenvalue weighted by molar-refractivity contribution is -0.141. The predicted octanol–water partition coefficient (Wildman–Crippen LogP) is 2.31. The summed E-state index contributed by atoms with van der Waals surface area (Å²) in [6, 6.07) is 9.70. The highest BCUT2D eigenvalue weighted by molar-refractivity contribution is 7.90. The van der Waals surface area contributed by atoms with Crippen molar-refractivity contribution in [3.8, 4) is 5.75 Å². The Hall–Kier alpha value is -2.72. The number of carbonyl (C=O) groups excluding carboxylic acids is 1. The monoisotopic (exact) mass is 410 g/mol. The highest BCUT2D eigenvalue weighted by atomic mass is 32.2. The Morgan fingerprint density at radius 2 is 1.89 bits per heavy atom. The second kappa shape index (κ2) is 7.49. The molecule has 0 unspecified atom stereocenters.